The van der Waals surface area contributed by atoms with Gasteiger partial charge in [-0.05, 0) is 25.7 Å². The molecule has 0 bridgehead atoms. The molecule has 2 fully saturated rings. The van der Waals surface area contributed by atoms with Crippen molar-refractivity contribution in [3.05, 3.63) is 0 Å². The standard InChI is InChI=1S/C18H34N4O3/c1-19-18(21-9-5-12-25-16-8-13-24-14-16)22-11-10-20-17(23)15-6-3-2-4-7-15/h15-16H,2-14H2,1H3,(H,20,23)(H2,19,21,22). The van der Waals surface area contributed by atoms with Crippen molar-refractivity contribution < 1.29 is 14.3 Å². The summed E-state index contributed by atoms with van der Waals surface area (Å²) in [6.07, 6.45) is 7.92. The molecule has 0 aromatic rings. The summed E-state index contributed by atoms with van der Waals surface area (Å²) in [5.74, 6) is 1.19. The Bertz CT molecular complexity index is 405. The van der Waals surface area contributed by atoms with Crippen LogP contribution in [0.3, 0.4) is 0 Å². The Morgan fingerprint density at radius 1 is 1.08 bits per heavy atom. The number of guanidine groups is 1. The summed E-state index contributed by atoms with van der Waals surface area (Å²) in [5, 5.41) is 9.51. The van der Waals surface area contributed by atoms with Gasteiger partial charge >= 0.3 is 0 Å². The van der Waals surface area contributed by atoms with Crippen LogP contribution in [-0.4, -0.2) is 64.5 Å². The van der Waals surface area contributed by atoms with E-state index in [0.717, 1.165) is 58.0 Å². The van der Waals surface area contributed by atoms with Crippen molar-refractivity contribution >= 4 is 11.9 Å². The Kier molecular flexibility index (Phi) is 9.66. The topological polar surface area (TPSA) is 84.0 Å². The molecule has 3 N–H and O–H groups in total. The molecule has 2 rings (SSSR count). The molecule has 7 nitrogen and oxygen atoms in total. The number of hydrogen-bond donors (Lipinski definition) is 3. The summed E-state index contributed by atoms with van der Waals surface area (Å²) >= 11 is 0. The maximum absolute atomic E-state index is 12.1. The fourth-order valence-corrected chi connectivity index (χ4v) is 3.27. The van der Waals surface area contributed by atoms with Crippen LogP contribution >= 0.6 is 0 Å². The number of rotatable bonds is 9. The van der Waals surface area contributed by atoms with Gasteiger partial charge in [-0.1, -0.05) is 19.3 Å². The summed E-state index contributed by atoms with van der Waals surface area (Å²) in [6, 6.07) is 0. The lowest BCUT2D eigenvalue weighted by molar-refractivity contribution is -0.125. The third kappa shape index (κ3) is 8.05. The molecule has 0 spiro atoms. The summed E-state index contributed by atoms with van der Waals surface area (Å²) in [6.45, 7) is 4.38. The third-order valence-corrected chi connectivity index (χ3v) is 4.77. The van der Waals surface area contributed by atoms with E-state index in [2.05, 4.69) is 20.9 Å². The van der Waals surface area contributed by atoms with Crippen LogP contribution in [0.1, 0.15) is 44.9 Å². The predicted molar refractivity (Wildman–Crippen MR) is 98.7 cm³/mol. The van der Waals surface area contributed by atoms with Gasteiger partial charge in [0.25, 0.3) is 0 Å². The number of carbonyl (C=O) groups excluding carboxylic acids is 1. The second-order valence-corrected chi connectivity index (χ2v) is 6.76. The van der Waals surface area contributed by atoms with E-state index in [4.69, 9.17) is 9.47 Å². The zero-order valence-corrected chi connectivity index (χ0v) is 15.5. The van der Waals surface area contributed by atoms with Crippen molar-refractivity contribution in [2.75, 3.05) is 46.5 Å². The third-order valence-electron chi connectivity index (χ3n) is 4.77. The van der Waals surface area contributed by atoms with E-state index in [-0.39, 0.29) is 17.9 Å². The molecule has 1 atom stereocenters. The number of ether oxygens (including phenoxy) is 2. The van der Waals surface area contributed by atoms with Crippen LogP contribution in [-0.2, 0) is 14.3 Å². The summed E-state index contributed by atoms with van der Waals surface area (Å²) in [5.41, 5.74) is 0. The quantitative estimate of drug-likeness (QED) is 0.327. The maximum Gasteiger partial charge on any atom is 0.223 e. The van der Waals surface area contributed by atoms with Crippen LogP contribution < -0.4 is 16.0 Å². The molecule has 1 aliphatic heterocycles. The molecule has 0 aromatic heterocycles. The van der Waals surface area contributed by atoms with Gasteiger partial charge in [-0.2, -0.15) is 0 Å². The van der Waals surface area contributed by atoms with Gasteiger partial charge in [0, 0.05) is 45.8 Å². The Morgan fingerprint density at radius 3 is 2.56 bits per heavy atom. The molecule has 2 aliphatic rings. The number of aliphatic imine (C=N–C) groups is 1. The van der Waals surface area contributed by atoms with Crippen molar-refractivity contribution in [3.8, 4) is 0 Å². The normalized spacial score (nSPS) is 22.0. The van der Waals surface area contributed by atoms with Crippen molar-refractivity contribution in [1.29, 1.82) is 0 Å². The second-order valence-electron chi connectivity index (χ2n) is 6.76. The van der Waals surface area contributed by atoms with Crippen molar-refractivity contribution in [2.24, 2.45) is 10.9 Å². The van der Waals surface area contributed by atoms with Gasteiger partial charge in [0.15, 0.2) is 5.96 Å². The van der Waals surface area contributed by atoms with Crippen LogP contribution in [0.4, 0.5) is 0 Å². The second kappa shape index (κ2) is 12.1. The molecule has 25 heavy (non-hydrogen) atoms. The van der Waals surface area contributed by atoms with E-state index in [9.17, 15) is 4.79 Å². The average Bonchev–Trinajstić information content (AvgIpc) is 3.17. The SMILES string of the molecule is CN=C(NCCCOC1CCOC1)NCCNC(=O)C1CCCCC1. The van der Waals surface area contributed by atoms with Gasteiger partial charge in [-0.15, -0.1) is 0 Å². The van der Waals surface area contributed by atoms with Gasteiger partial charge in [0.2, 0.25) is 5.91 Å². The molecule has 0 radical (unpaired) electrons. The highest BCUT2D eigenvalue weighted by atomic mass is 16.5. The molecule has 1 heterocycles. The van der Waals surface area contributed by atoms with Crippen LogP contribution in [0.15, 0.2) is 4.99 Å². The van der Waals surface area contributed by atoms with Crippen molar-refractivity contribution in [1.82, 2.24) is 16.0 Å². The Hall–Kier alpha value is -1.34. The van der Waals surface area contributed by atoms with Crippen LogP contribution in [0, 0.1) is 5.92 Å². The largest absolute Gasteiger partial charge is 0.379 e. The zero-order valence-electron chi connectivity index (χ0n) is 15.5. The minimum Gasteiger partial charge on any atom is -0.379 e. The first-order chi connectivity index (χ1) is 12.3. The molecular weight excluding hydrogens is 320 g/mol. The first-order valence-electron chi connectivity index (χ1n) is 9.71. The number of carbonyl (C=O) groups is 1. The molecule has 1 amide bonds. The van der Waals surface area contributed by atoms with E-state index < -0.39 is 0 Å². The number of nitrogens with one attached hydrogen (secondary N) is 3. The summed E-state index contributed by atoms with van der Waals surface area (Å²) in [7, 11) is 1.75. The molecule has 7 heteroatoms. The van der Waals surface area contributed by atoms with Gasteiger partial charge < -0.3 is 25.4 Å². The predicted octanol–water partition coefficient (Wildman–Crippen LogP) is 1.04. The smallest absolute Gasteiger partial charge is 0.223 e. The van der Waals surface area contributed by atoms with Gasteiger partial charge in [0.05, 0.1) is 12.7 Å². The maximum atomic E-state index is 12.1. The lowest BCUT2D eigenvalue weighted by Crippen LogP contribution is -2.43. The molecular formula is C18H34N4O3. The zero-order chi connectivity index (χ0) is 17.7. The number of nitrogens with zero attached hydrogens (tertiary/aromatic N) is 1. The highest BCUT2D eigenvalue weighted by molar-refractivity contribution is 5.80. The van der Waals surface area contributed by atoms with E-state index >= 15 is 0 Å². The molecule has 1 unspecified atom stereocenters. The average molecular weight is 354 g/mol. The Balaban J connectivity index is 1.46. The number of hydrogen-bond acceptors (Lipinski definition) is 4. The van der Waals surface area contributed by atoms with E-state index in [1.807, 2.05) is 0 Å². The Labute approximate surface area is 151 Å². The number of amides is 1. The molecule has 144 valence electrons. The van der Waals surface area contributed by atoms with Gasteiger partial charge in [-0.3, -0.25) is 9.79 Å². The van der Waals surface area contributed by atoms with Crippen LogP contribution in [0.25, 0.3) is 0 Å². The summed E-state index contributed by atoms with van der Waals surface area (Å²) < 4.78 is 11.0. The summed E-state index contributed by atoms with van der Waals surface area (Å²) in [4.78, 5) is 16.2. The van der Waals surface area contributed by atoms with Crippen molar-refractivity contribution in [3.63, 3.8) is 0 Å². The minimum absolute atomic E-state index is 0.206. The monoisotopic (exact) mass is 354 g/mol. The van der Waals surface area contributed by atoms with E-state index in [1.54, 1.807) is 7.05 Å². The first kappa shape index (κ1) is 20.0. The molecule has 1 saturated heterocycles. The first-order valence-corrected chi connectivity index (χ1v) is 9.71. The Morgan fingerprint density at radius 2 is 1.84 bits per heavy atom. The van der Waals surface area contributed by atoms with Crippen LogP contribution in [0.5, 0.6) is 0 Å². The highest BCUT2D eigenvalue weighted by Gasteiger charge is 2.20. The van der Waals surface area contributed by atoms with E-state index in [0.29, 0.717) is 13.1 Å². The lowest BCUT2D eigenvalue weighted by atomic mass is 9.89. The minimum atomic E-state index is 0.206. The molecule has 0 aromatic carbocycles. The van der Waals surface area contributed by atoms with Crippen molar-refractivity contribution in [2.45, 2.75) is 51.0 Å². The highest BCUT2D eigenvalue weighted by Crippen LogP contribution is 2.23. The lowest BCUT2D eigenvalue weighted by Gasteiger charge is -2.21. The van der Waals surface area contributed by atoms with Gasteiger partial charge in [0.1, 0.15) is 0 Å². The van der Waals surface area contributed by atoms with E-state index in [1.165, 1.54) is 19.3 Å². The van der Waals surface area contributed by atoms with Gasteiger partial charge in [-0.25, -0.2) is 0 Å². The molecule has 1 saturated carbocycles. The fourth-order valence-electron chi connectivity index (χ4n) is 3.27. The molecule has 1 aliphatic carbocycles. The fraction of sp³-hybridized carbons (Fsp3) is 0.889. The van der Waals surface area contributed by atoms with Crippen LogP contribution in [0.2, 0.25) is 0 Å².